The number of para-hydroxylation sites is 2. The number of benzene rings is 7. The van der Waals surface area contributed by atoms with Gasteiger partial charge < -0.3 is 4.42 Å². The van der Waals surface area contributed by atoms with Crippen molar-refractivity contribution in [3.05, 3.63) is 170 Å². The smallest absolute Gasteiger partial charge is 0.238 e. The summed E-state index contributed by atoms with van der Waals surface area (Å²) in [4.78, 5) is 15.1. The van der Waals surface area contributed by atoms with Gasteiger partial charge in [-0.25, -0.2) is 4.98 Å². The highest BCUT2D eigenvalue weighted by Crippen LogP contribution is 2.39. The van der Waals surface area contributed by atoms with Crippen LogP contribution >= 0.6 is 0 Å². The Bertz CT molecular complexity index is 3370. The van der Waals surface area contributed by atoms with E-state index < -0.39 is 42.3 Å². The molecule has 0 aliphatic carbocycles. The molecule has 0 atom stereocenters. The summed E-state index contributed by atoms with van der Waals surface area (Å²) in [6.45, 7) is 0. The van der Waals surface area contributed by atoms with E-state index >= 15 is 0 Å². The molecule has 0 N–H and O–H groups in total. The van der Waals surface area contributed by atoms with Crippen molar-refractivity contribution in [3.63, 3.8) is 0 Å². The number of hydrogen-bond acceptors (Lipinski definition) is 4. The van der Waals surface area contributed by atoms with Crippen LogP contribution in [0, 0.1) is 0 Å². The minimum absolute atomic E-state index is 0.0375. The van der Waals surface area contributed by atoms with Crippen LogP contribution in [0.1, 0.15) is 12.3 Å². The van der Waals surface area contributed by atoms with E-state index in [1.54, 1.807) is 22.8 Å². The van der Waals surface area contributed by atoms with Gasteiger partial charge in [0.1, 0.15) is 11.2 Å². The minimum Gasteiger partial charge on any atom is -0.456 e. The first-order valence-corrected chi connectivity index (χ1v) is 16.0. The summed E-state index contributed by atoms with van der Waals surface area (Å²) in [5.41, 5.74) is 5.06. The van der Waals surface area contributed by atoms with E-state index in [0.717, 1.165) is 27.5 Å². The van der Waals surface area contributed by atoms with Crippen molar-refractivity contribution >= 4 is 43.7 Å². The first-order valence-electron chi connectivity index (χ1n) is 20.5. The number of aromatic nitrogens is 4. The van der Waals surface area contributed by atoms with Crippen molar-refractivity contribution < 1.29 is 16.8 Å². The van der Waals surface area contributed by atoms with Gasteiger partial charge in [-0.15, -0.1) is 0 Å². The molecule has 0 amide bonds. The molecule has 10 rings (SSSR count). The van der Waals surface area contributed by atoms with Crippen molar-refractivity contribution in [3.8, 4) is 51.0 Å². The molecule has 234 valence electrons. The predicted octanol–water partition coefficient (Wildman–Crippen LogP) is 11.5. The summed E-state index contributed by atoms with van der Waals surface area (Å²) in [7, 11) is 0. The lowest BCUT2D eigenvalue weighted by molar-refractivity contribution is 0.669. The van der Waals surface area contributed by atoms with Gasteiger partial charge in [0.25, 0.3) is 0 Å². The van der Waals surface area contributed by atoms with Gasteiger partial charge in [-0.1, -0.05) is 127 Å². The Morgan fingerprint density at radius 1 is 0.460 bits per heavy atom. The van der Waals surface area contributed by atoms with Crippen molar-refractivity contribution in [2.45, 2.75) is 0 Å². The molecule has 0 bridgehead atoms. The molecule has 0 unspecified atom stereocenters. The SMILES string of the molecule is [2H]c1c([2H])c([2H])c(-c2cccc3c2c2c([2H])c([2H])c([2H])c([2H])c2n3-c2nc(-c3cccc(-c4ccccc4)c3)nc(-c3ccc4oc5ccccc5c4c3)n2)c([2H])c1[2H]. The number of furan rings is 1. The number of fused-ring (bicyclic) bond motifs is 6. The molecular formula is C45H28N4O. The third-order valence-corrected chi connectivity index (χ3v) is 8.88. The van der Waals surface area contributed by atoms with Crippen LogP contribution in [-0.4, -0.2) is 19.5 Å². The fourth-order valence-corrected chi connectivity index (χ4v) is 6.62. The second kappa shape index (κ2) is 11.4. The molecule has 0 spiro atoms. The Morgan fingerprint density at radius 3 is 2.04 bits per heavy atom. The molecule has 5 nitrogen and oxygen atoms in total. The van der Waals surface area contributed by atoms with Crippen molar-refractivity contribution in [2.75, 3.05) is 0 Å². The van der Waals surface area contributed by atoms with Gasteiger partial charge in [0, 0.05) is 32.7 Å². The lowest BCUT2D eigenvalue weighted by Crippen LogP contribution is -2.06. The minimum atomic E-state index is -0.552. The van der Waals surface area contributed by atoms with Gasteiger partial charge in [-0.3, -0.25) is 4.57 Å². The zero-order chi connectivity index (χ0) is 40.9. The van der Waals surface area contributed by atoms with Crippen LogP contribution in [0.15, 0.2) is 174 Å². The average Bonchev–Trinajstić information content (AvgIpc) is 3.83. The summed E-state index contributed by atoms with van der Waals surface area (Å²) in [5.74, 6) is 0.605. The summed E-state index contributed by atoms with van der Waals surface area (Å²) in [6.07, 6.45) is 0. The lowest BCUT2D eigenvalue weighted by Gasteiger charge is -2.12. The number of rotatable bonds is 5. The van der Waals surface area contributed by atoms with E-state index in [4.69, 9.17) is 29.0 Å². The molecule has 0 fully saturated rings. The Kier molecular flexibility index (Phi) is 4.67. The molecule has 5 heteroatoms. The molecule has 0 saturated heterocycles. The van der Waals surface area contributed by atoms with E-state index in [-0.39, 0.29) is 57.1 Å². The van der Waals surface area contributed by atoms with Gasteiger partial charge in [0.05, 0.1) is 23.4 Å². The van der Waals surface area contributed by atoms with Gasteiger partial charge >= 0.3 is 0 Å². The summed E-state index contributed by atoms with van der Waals surface area (Å²) < 4.78 is 86.3. The van der Waals surface area contributed by atoms with Gasteiger partial charge in [-0.05, 0) is 64.7 Å². The Hall–Kier alpha value is -6.85. The second-order valence-corrected chi connectivity index (χ2v) is 11.8. The number of hydrogen-bond donors (Lipinski definition) is 0. The van der Waals surface area contributed by atoms with Crippen LogP contribution in [0.5, 0.6) is 0 Å². The van der Waals surface area contributed by atoms with Crippen LogP contribution in [0.2, 0.25) is 0 Å². The molecule has 3 aromatic heterocycles. The molecule has 0 aliphatic heterocycles. The van der Waals surface area contributed by atoms with E-state index in [2.05, 4.69) is 0 Å². The standard InChI is InChI=1S/C45H28N4O/c1-3-13-29(14-4-1)31-17-11-18-32(27-31)43-46-44(33-25-26-41-37(28-33)35-19-8-10-24-40(35)50-41)48-45(47-43)49-38-22-9-7-20-36(38)42-34(21-12-23-39(42)49)30-15-5-2-6-16-30/h1-28H/i2D,5D,6D,7D,9D,15D,16D,20D,22D. The summed E-state index contributed by atoms with van der Waals surface area (Å²) >= 11 is 0. The number of nitrogens with zero attached hydrogens (tertiary/aromatic N) is 4. The van der Waals surface area contributed by atoms with Gasteiger partial charge in [0.2, 0.25) is 5.95 Å². The largest absolute Gasteiger partial charge is 0.456 e. The Balaban J connectivity index is 1.32. The van der Waals surface area contributed by atoms with Crippen molar-refractivity contribution in [1.82, 2.24) is 19.5 Å². The highest BCUT2D eigenvalue weighted by atomic mass is 16.3. The Labute approximate surface area is 300 Å². The van der Waals surface area contributed by atoms with Crippen LogP contribution in [-0.2, 0) is 0 Å². The van der Waals surface area contributed by atoms with E-state index in [1.807, 2.05) is 97.1 Å². The normalized spacial score (nSPS) is 14.1. The maximum absolute atomic E-state index is 9.26. The highest BCUT2D eigenvalue weighted by molar-refractivity contribution is 6.15. The zero-order valence-electron chi connectivity index (χ0n) is 35.2. The van der Waals surface area contributed by atoms with Gasteiger partial charge in [0.15, 0.2) is 11.6 Å². The van der Waals surface area contributed by atoms with Gasteiger partial charge in [-0.2, -0.15) is 9.97 Å². The molecule has 50 heavy (non-hydrogen) atoms. The van der Waals surface area contributed by atoms with Crippen LogP contribution < -0.4 is 0 Å². The molecule has 0 aliphatic rings. The third-order valence-electron chi connectivity index (χ3n) is 8.88. The average molecular weight is 650 g/mol. The fourth-order valence-electron chi connectivity index (χ4n) is 6.62. The van der Waals surface area contributed by atoms with Crippen molar-refractivity contribution in [2.24, 2.45) is 0 Å². The topological polar surface area (TPSA) is 56.7 Å². The maximum atomic E-state index is 9.26. The van der Waals surface area contributed by atoms with E-state index in [1.165, 1.54) is 0 Å². The van der Waals surface area contributed by atoms with Crippen LogP contribution in [0.4, 0.5) is 0 Å². The van der Waals surface area contributed by atoms with E-state index in [9.17, 15) is 2.74 Å². The molecule has 7 aromatic carbocycles. The quantitative estimate of drug-likeness (QED) is 0.186. The molecular weight excluding hydrogens is 613 g/mol. The summed E-state index contributed by atoms with van der Waals surface area (Å²) in [6, 6.07) is 31.7. The fraction of sp³-hybridized carbons (Fsp3) is 0. The molecule has 0 saturated carbocycles. The first kappa shape index (κ1) is 20.5. The summed E-state index contributed by atoms with van der Waals surface area (Å²) in [5, 5.41) is 2.08. The monoisotopic (exact) mass is 649 g/mol. The molecule has 3 heterocycles. The highest BCUT2D eigenvalue weighted by Gasteiger charge is 2.20. The lowest BCUT2D eigenvalue weighted by atomic mass is 9.99. The van der Waals surface area contributed by atoms with Crippen molar-refractivity contribution in [1.29, 1.82) is 0 Å². The molecule has 10 aromatic rings. The maximum Gasteiger partial charge on any atom is 0.238 e. The zero-order valence-corrected chi connectivity index (χ0v) is 26.2. The Morgan fingerprint density at radius 2 is 1.16 bits per heavy atom. The van der Waals surface area contributed by atoms with E-state index in [0.29, 0.717) is 22.2 Å². The molecule has 0 radical (unpaired) electrons. The van der Waals surface area contributed by atoms with Crippen LogP contribution in [0.3, 0.4) is 0 Å². The second-order valence-electron chi connectivity index (χ2n) is 11.8. The first-order chi connectivity index (χ1) is 28.5. The third kappa shape index (κ3) is 4.60. The predicted molar refractivity (Wildman–Crippen MR) is 203 cm³/mol. The van der Waals surface area contributed by atoms with Crippen LogP contribution in [0.25, 0.3) is 94.7 Å².